The van der Waals surface area contributed by atoms with Crippen molar-refractivity contribution in [1.29, 1.82) is 0 Å². The number of hydrogen-bond donors (Lipinski definition) is 2. The summed E-state index contributed by atoms with van der Waals surface area (Å²) in [6.07, 6.45) is 5.06. The van der Waals surface area contributed by atoms with E-state index in [9.17, 15) is 0 Å². The number of halogens is 1. The summed E-state index contributed by atoms with van der Waals surface area (Å²) in [7, 11) is 4.07. The maximum Gasteiger partial charge on any atom is 0.191 e. The fraction of sp³-hybridized carbons (Fsp3) is 0.938. The van der Waals surface area contributed by atoms with Gasteiger partial charge in [-0.15, -0.1) is 24.0 Å². The van der Waals surface area contributed by atoms with Crippen LogP contribution >= 0.6 is 24.0 Å². The van der Waals surface area contributed by atoms with E-state index in [2.05, 4.69) is 48.3 Å². The predicted octanol–water partition coefficient (Wildman–Crippen LogP) is 2.94. The summed E-state index contributed by atoms with van der Waals surface area (Å²) in [4.78, 5) is 6.75. The molecule has 0 amide bonds. The number of guanidine groups is 1. The zero-order valence-electron chi connectivity index (χ0n) is 14.5. The van der Waals surface area contributed by atoms with Crippen LogP contribution in [-0.2, 0) is 0 Å². The summed E-state index contributed by atoms with van der Waals surface area (Å²) in [5.74, 6) is 2.52. The number of aliphatic imine (C=N–C) groups is 1. The number of rotatable bonds is 6. The van der Waals surface area contributed by atoms with Gasteiger partial charge < -0.3 is 15.5 Å². The Labute approximate surface area is 148 Å². The van der Waals surface area contributed by atoms with Gasteiger partial charge in [-0.3, -0.25) is 4.99 Å². The van der Waals surface area contributed by atoms with Crippen molar-refractivity contribution in [3.63, 3.8) is 0 Å². The molecule has 0 aliphatic carbocycles. The molecule has 0 radical (unpaired) electrons. The molecule has 0 spiro atoms. The molecule has 1 unspecified atom stereocenters. The van der Waals surface area contributed by atoms with E-state index in [-0.39, 0.29) is 24.0 Å². The first kappa shape index (κ1) is 21.0. The third-order valence-electron chi connectivity index (χ3n) is 4.18. The Balaban J connectivity index is 0.00000400. The van der Waals surface area contributed by atoms with E-state index in [0.717, 1.165) is 24.3 Å². The predicted molar refractivity (Wildman–Crippen MR) is 104 cm³/mol. The lowest BCUT2D eigenvalue weighted by atomic mass is 9.97. The fourth-order valence-corrected chi connectivity index (χ4v) is 2.59. The molecule has 0 aromatic heterocycles. The second kappa shape index (κ2) is 11.5. The first-order valence-corrected chi connectivity index (χ1v) is 8.17. The lowest BCUT2D eigenvalue weighted by molar-refractivity contribution is 0.220. The normalized spacial score (nSPS) is 19.2. The van der Waals surface area contributed by atoms with Crippen LogP contribution in [0.2, 0.25) is 0 Å². The van der Waals surface area contributed by atoms with Crippen LogP contribution in [0, 0.1) is 11.8 Å². The number of nitrogens with one attached hydrogen (secondary N) is 2. The molecule has 1 aliphatic rings. The maximum atomic E-state index is 4.34. The van der Waals surface area contributed by atoms with Crippen molar-refractivity contribution in [2.75, 3.05) is 33.7 Å². The van der Waals surface area contributed by atoms with Crippen molar-refractivity contribution < 1.29 is 0 Å². The van der Waals surface area contributed by atoms with Gasteiger partial charge >= 0.3 is 0 Å². The molecule has 0 aromatic rings. The Hall–Kier alpha value is -0.0400. The van der Waals surface area contributed by atoms with Crippen molar-refractivity contribution in [2.24, 2.45) is 16.8 Å². The van der Waals surface area contributed by atoms with Crippen LogP contribution in [0.5, 0.6) is 0 Å². The molecule has 0 bridgehead atoms. The molecule has 1 aliphatic heterocycles. The Kier molecular flexibility index (Phi) is 11.5. The van der Waals surface area contributed by atoms with Gasteiger partial charge in [0, 0.05) is 19.6 Å². The van der Waals surface area contributed by atoms with Crippen LogP contribution in [0.4, 0.5) is 0 Å². The standard InChI is InChI=1S/C16H34N4.HI/c1-13(2)6-7-14(3)19-16(17-4)18-12-15-8-10-20(5)11-9-15;/h13-15H,6-12H2,1-5H3,(H2,17,18,19);1H. The number of piperidine rings is 1. The number of likely N-dealkylation sites (tertiary alicyclic amines) is 1. The molecular formula is C16H35IN4. The van der Waals surface area contributed by atoms with Gasteiger partial charge in [0.2, 0.25) is 0 Å². The fourth-order valence-electron chi connectivity index (χ4n) is 2.59. The lowest BCUT2D eigenvalue weighted by Crippen LogP contribution is -2.45. The summed E-state index contributed by atoms with van der Waals surface area (Å²) in [5.41, 5.74) is 0. The molecule has 5 heteroatoms. The highest BCUT2D eigenvalue weighted by molar-refractivity contribution is 14.0. The summed E-state index contributed by atoms with van der Waals surface area (Å²) < 4.78 is 0. The van der Waals surface area contributed by atoms with Gasteiger partial charge in [0.1, 0.15) is 0 Å². The molecule has 1 rings (SSSR count). The van der Waals surface area contributed by atoms with E-state index in [4.69, 9.17) is 0 Å². The first-order chi connectivity index (χ1) is 9.51. The Morgan fingerprint density at radius 2 is 1.81 bits per heavy atom. The SMILES string of the molecule is CN=C(NCC1CCN(C)CC1)NC(C)CCC(C)C.I. The topological polar surface area (TPSA) is 39.7 Å². The number of hydrogen-bond acceptors (Lipinski definition) is 2. The van der Waals surface area contributed by atoms with Gasteiger partial charge in [0.25, 0.3) is 0 Å². The van der Waals surface area contributed by atoms with Crippen molar-refractivity contribution in [1.82, 2.24) is 15.5 Å². The molecule has 21 heavy (non-hydrogen) atoms. The van der Waals surface area contributed by atoms with Gasteiger partial charge in [-0.25, -0.2) is 0 Å². The average molecular weight is 410 g/mol. The van der Waals surface area contributed by atoms with Gasteiger partial charge in [-0.1, -0.05) is 13.8 Å². The lowest BCUT2D eigenvalue weighted by Gasteiger charge is -2.29. The summed E-state index contributed by atoms with van der Waals surface area (Å²) in [5, 5.41) is 6.99. The molecule has 1 saturated heterocycles. The highest BCUT2D eigenvalue weighted by atomic mass is 127. The van der Waals surface area contributed by atoms with Crippen LogP contribution in [0.15, 0.2) is 4.99 Å². The monoisotopic (exact) mass is 410 g/mol. The summed E-state index contributed by atoms with van der Waals surface area (Å²) in [6.45, 7) is 10.3. The van der Waals surface area contributed by atoms with Gasteiger partial charge in [0.15, 0.2) is 5.96 Å². The highest BCUT2D eigenvalue weighted by Gasteiger charge is 2.17. The maximum absolute atomic E-state index is 4.34. The van der Waals surface area contributed by atoms with Crippen LogP contribution < -0.4 is 10.6 Å². The zero-order valence-corrected chi connectivity index (χ0v) is 16.8. The van der Waals surface area contributed by atoms with E-state index in [1.165, 1.54) is 38.8 Å². The number of nitrogens with zero attached hydrogens (tertiary/aromatic N) is 2. The van der Waals surface area contributed by atoms with E-state index < -0.39 is 0 Å². The average Bonchev–Trinajstić information content (AvgIpc) is 2.43. The summed E-state index contributed by atoms with van der Waals surface area (Å²) in [6, 6.07) is 0.487. The Morgan fingerprint density at radius 3 is 2.33 bits per heavy atom. The van der Waals surface area contributed by atoms with Gasteiger partial charge in [-0.05, 0) is 64.6 Å². The molecule has 1 atom stereocenters. The third kappa shape index (κ3) is 9.55. The van der Waals surface area contributed by atoms with Gasteiger partial charge in [0.05, 0.1) is 0 Å². The van der Waals surface area contributed by atoms with Gasteiger partial charge in [-0.2, -0.15) is 0 Å². The zero-order chi connectivity index (χ0) is 15.0. The molecule has 126 valence electrons. The van der Waals surface area contributed by atoms with Crippen LogP contribution in [0.3, 0.4) is 0 Å². The minimum atomic E-state index is 0. The molecule has 1 heterocycles. The van der Waals surface area contributed by atoms with E-state index in [1.807, 2.05) is 7.05 Å². The van der Waals surface area contributed by atoms with E-state index in [0.29, 0.717) is 6.04 Å². The van der Waals surface area contributed by atoms with Crippen LogP contribution in [0.25, 0.3) is 0 Å². The smallest absolute Gasteiger partial charge is 0.191 e. The molecule has 4 nitrogen and oxygen atoms in total. The van der Waals surface area contributed by atoms with Crippen LogP contribution in [0.1, 0.15) is 46.5 Å². The highest BCUT2D eigenvalue weighted by Crippen LogP contribution is 2.14. The van der Waals surface area contributed by atoms with E-state index in [1.54, 1.807) is 0 Å². The van der Waals surface area contributed by atoms with E-state index >= 15 is 0 Å². The van der Waals surface area contributed by atoms with Crippen molar-refractivity contribution >= 4 is 29.9 Å². The Bertz CT molecular complexity index is 286. The van der Waals surface area contributed by atoms with Crippen LogP contribution in [-0.4, -0.2) is 50.6 Å². The quantitative estimate of drug-likeness (QED) is 0.402. The second-order valence-corrected chi connectivity index (χ2v) is 6.72. The second-order valence-electron chi connectivity index (χ2n) is 6.72. The molecule has 2 N–H and O–H groups in total. The molecule has 0 saturated carbocycles. The van der Waals surface area contributed by atoms with Crippen molar-refractivity contribution in [3.05, 3.63) is 0 Å². The summed E-state index contributed by atoms with van der Waals surface area (Å²) >= 11 is 0. The molecule has 1 fully saturated rings. The first-order valence-electron chi connectivity index (χ1n) is 8.17. The third-order valence-corrected chi connectivity index (χ3v) is 4.18. The Morgan fingerprint density at radius 1 is 1.19 bits per heavy atom. The minimum absolute atomic E-state index is 0. The van der Waals surface area contributed by atoms with Crippen molar-refractivity contribution in [3.8, 4) is 0 Å². The van der Waals surface area contributed by atoms with Crippen molar-refractivity contribution in [2.45, 2.75) is 52.5 Å². The molecular weight excluding hydrogens is 375 g/mol. The minimum Gasteiger partial charge on any atom is -0.356 e. The largest absolute Gasteiger partial charge is 0.356 e. The molecule has 0 aromatic carbocycles.